The molecule has 14 heavy (non-hydrogen) atoms. The van der Waals surface area contributed by atoms with Crippen LogP contribution in [0.4, 0.5) is 0 Å². The second-order valence-corrected chi connectivity index (χ2v) is 3.50. The van der Waals surface area contributed by atoms with E-state index in [0.717, 1.165) is 19.4 Å². The van der Waals surface area contributed by atoms with E-state index in [1.54, 1.807) is 0 Å². The lowest BCUT2D eigenvalue weighted by Crippen LogP contribution is -2.12. The Balaban J connectivity index is 2.08. The summed E-state index contributed by atoms with van der Waals surface area (Å²) >= 11 is 0. The van der Waals surface area contributed by atoms with E-state index in [1.165, 1.54) is 0 Å². The zero-order valence-electron chi connectivity index (χ0n) is 8.49. The van der Waals surface area contributed by atoms with Gasteiger partial charge in [0.05, 0.1) is 6.04 Å². The molecular weight excluding hydrogens is 182 g/mol. The van der Waals surface area contributed by atoms with Gasteiger partial charge in [-0.25, -0.2) is 0 Å². The monoisotopic (exact) mass is 197 g/mol. The van der Waals surface area contributed by atoms with Crippen LogP contribution < -0.4 is 5.32 Å². The first-order chi connectivity index (χ1) is 6.81. The third kappa shape index (κ3) is 1.78. The molecule has 1 N–H and O–H groups in total. The Morgan fingerprint density at radius 2 is 2.43 bits per heavy atom. The zero-order valence-corrected chi connectivity index (χ0v) is 8.49. The predicted molar refractivity (Wildman–Crippen MR) is 49.7 cm³/mol. The van der Waals surface area contributed by atoms with E-state index in [4.69, 9.17) is 9.26 Å². The quantitative estimate of drug-likeness (QED) is 0.789. The predicted octanol–water partition coefficient (Wildman–Crippen LogP) is 1.20. The number of rotatable bonds is 3. The second-order valence-electron chi connectivity index (χ2n) is 3.50. The Morgan fingerprint density at radius 1 is 1.57 bits per heavy atom. The Morgan fingerprint density at radius 3 is 3.07 bits per heavy atom. The molecule has 78 valence electrons. The van der Waals surface area contributed by atoms with E-state index >= 15 is 0 Å². The van der Waals surface area contributed by atoms with Crippen molar-refractivity contribution in [3.8, 4) is 0 Å². The van der Waals surface area contributed by atoms with E-state index in [-0.39, 0.29) is 12.1 Å². The van der Waals surface area contributed by atoms with Crippen molar-refractivity contribution in [2.75, 3.05) is 13.7 Å². The third-order valence-corrected chi connectivity index (χ3v) is 2.48. The van der Waals surface area contributed by atoms with Crippen molar-refractivity contribution in [2.45, 2.75) is 31.9 Å². The molecule has 2 atom stereocenters. The average molecular weight is 197 g/mol. The largest absolute Gasteiger partial charge is 0.370 e. The SMILES string of the molecule is CNC(C)c1nc(C2CCCO2)no1. The van der Waals surface area contributed by atoms with Crippen LogP contribution in [0.15, 0.2) is 4.52 Å². The summed E-state index contributed by atoms with van der Waals surface area (Å²) in [5, 5.41) is 6.96. The molecule has 1 aliphatic rings. The molecule has 0 bridgehead atoms. The van der Waals surface area contributed by atoms with Gasteiger partial charge < -0.3 is 14.6 Å². The minimum absolute atomic E-state index is 0.0385. The summed E-state index contributed by atoms with van der Waals surface area (Å²) in [7, 11) is 1.86. The number of nitrogens with one attached hydrogen (secondary N) is 1. The molecule has 5 heteroatoms. The van der Waals surface area contributed by atoms with E-state index in [1.807, 2.05) is 14.0 Å². The van der Waals surface area contributed by atoms with Crippen LogP contribution in [0.3, 0.4) is 0 Å². The molecule has 0 radical (unpaired) electrons. The molecule has 1 fully saturated rings. The Kier molecular flexibility index (Phi) is 2.79. The molecule has 1 aromatic heterocycles. The van der Waals surface area contributed by atoms with E-state index in [0.29, 0.717) is 11.7 Å². The van der Waals surface area contributed by atoms with Crippen LogP contribution in [-0.4, -0.2) is 23.8 Å². The Labute approximate surface area is 82.8 Å². The number of hydrogen-bond acceptors (Lipinski definition) is 5. The van der Waals surface area contributed by atoms with Crippen LogP contribution in [0, 0.1) is 0 Å². The number of nitrogens with zero attached hydrogens (tertiary/aromatic N) is 2. The lowest BCUT2D eigenvalue weighted by atomic mass is 10.2. The highest BCUT2D eigenvalue weighted by molar-refractivity contribution is 4.95. The lowest BCUT2D eigenvalue weighted by molar-refractivity contribution is 0.103. The van der Waals surface area contributed by atoms with Crippen molar-refractivity contribution >= 4 is 0 Å². The molecule has 2 unspecified atom stereocenters. The lowest BCUT2D eigenvalue weighted by Gasteiger charge is -2.03. The van der Waals surface area contributed by atoms with Gasteiger partial charge in [-0.1, -0.05) is 5.16 Å². The van der Waals surface area contributed by atoms with Gasteiger partial charge in [0.15, 0.2) is 0 Å². The van der Waals surface area contributed by atoms with Gasteiger partial charge in [-0.05, 0) is 26.8 Å². The fourth-order valence-electron chi connectivity index (χ4n) is 1.46. The van der Waals surface area contributed by atoms with Gasteiger partial charge >= 0.3 is 0 Å². The van der Waals surface area contributed by atoms with Gasteiger partial charge in [0.1, 0.15) is 6.10 Å². The van der Waals surface area contributed by atoms with Crippen molar-refractivity contribution in [3.63, 3.8) is 0 Å². The number of hydrogen-bond donors (Lipinski definition) is 1. The van der Waals surface area contributed by atoms with Crippen LogP contribution in [0.25, 0.3) is 0 Å². The summed E-state index contributed by atoms with van der Waals surface area (Å²) in [5.74, 6) is 1.30. The molecule has 0 amide bonds. The minimum Gasteiger partial charge on any atom is -0.370 e. The first-order valence-electron chi connectivity index (χ1n) is 4.93. The molecule has 2 rings (SSSR count). The summed E-state index contributed by atoms with van der Waals surface area (Å²) in [4.78, 5) is 4.30. The van der Waals surface area contributed by atoms with Gasteiger partial charge in [0.25, 0.3) is 0 Å². The molecular formula is C9H15N3O2. The standard InChI is InChI=1S/C9H15N3O2/c1-6(10-2)9-11-8(12-14-9)7-4-3-5-13-7/h6-7,10H,3-5H2,1-2H3. The van der Waals surface area contributed by atoms with Gasteiger partial charge in [-0.3, -0.25) is 0 Å². The van der Waals surface area contributed by atoms with Crippen LogP contribution in [0.1, 0.15) is 43.6 Å². The van der Waals surface area contributed by atoms with Crippen LogP contribution in [0.2, 0.25) is 0 Å². The van der Waals surface area contributed by atoms with Crippen molar-refractivity contribution in [2.24, 2.45) is 0 Å². The highest BCUT2D eigenvalue weighted by Crippen LogP contribution is 2.26. The average Bonchev–Trinajstić information content (AvgIpc) is 2.86. The zero-order chi connectivity index (χ0) is 9.97. The first-order valence-corrected chi connectivity index (χ1v) is 4.93. The van der Waals surface area contributed by atoms with Gasteiger partial charge in [0, 0.05) is 6.61 Å². The normalized spacial score (nSPS) is 24.0. The second kappa shape index (κ2) is 4.06. The van der Waals surface area contributed by atoms with Gasteiger partial charge in [-0.15, -0.1) is 0 Å². The van der Waals surface area contributed by atoms with Gasteiger partial charge in [0.2, 0.25) is 11.7 Å². The third-order valence-electron chi connectivity index (χ3n) is 2.48. The maximum absolute atomic E-state index is 5.46. The molecule has 0 spiro atoms. The van der Waals surface area contributed by atoms with Crippen LogP contribution >= 0.6 is 0 Å². The maximum atomic E-state index is 5.46. The molecule has 0 aliphatic carbocycles. The van der Waals surface area contributed by atoms with E-state index in [2.05, 4.69) is 15.5 Å². The summed E-state index contributed by atoms with van der Waals surface area (Å²) in [6.07, 6.45) is 2.11. The van der Waals surface area contributed by atoms with Crippen molar-refractivity contribution in [1.29, 1.82) is 0 Å². The summed E-state index contributed by atoms with van der Waals surface area (Å²) in [5.41, 5.74) is 0. The van der Waals surface area contributed by atoms with Crippen molar-refractivity contribution in [3.05, 3.63) is 11.7 Å². The molecule has 5 nitrogen and oxygen atoms in total. The Hall–Kier alpha value is -0.940. The highest BCUT2D eigenvalue weighted by atomic mass is 16.5. The number of aromatic nitrogens is 2. The van der Waals surface area contributed by atoms with Crippen molar-refractivity contribution < 1.29 is 9.26 Å². The van der Waals surface area contributed by atoms with Gasteiger partial charge in [-0.2, -0.15) is 4.98 Å². The van der Waals surface area contributed by atoms with Crippen LogP contribution in [0.5, 0.6) is 0 Å². The summed E-state index contributed by atoms with van der Waals surface area (Å²) < 4.78 is 10.6. The topological polar surface area (TPSA) is 60.2 Å². The van der Waals surface area contributed by atoms with Crippen molar-refractivity contribution in [1.82, 2.24) is 15.5 Å². The van der Waals surface area contributed by atoms with Crippen LogP contribution in [-0.2, 0) is 4.74 Å². The van der Waals surface area contributed by atoms with E-state index in [9.17, 15) is 0 Å². The fraction of sp³-hybridized carbons (Fsp3) is 0.778. The molecule has 1 aromatic rings. The fourth-order valence-corrected chi connectivity index (χ4v) is 1.46. The van der Waals surface area contributed by atoms with E-state index < -0.39 is 0 Å². The maximum Gasteiger partial charge on any atom is 0.243 e. The minimum atomic E-state index is 0.0385. The molecule has 0 saturated carbocycles. The highest BCUT2D eigenvalue weighted by Gasteiger charge is 2.24. The Bertz CT molecular complexity index is 294. The molecule has 2 heterocycles. The molecule has 1 saturated heterocycles. The summed E-state index contributed by atoms with van der Waals surface area (Å²) in [6.45, 7) is 2.78. The smallest absolute Gasteiger partial charge is 0.243 e. The summed E-state index contributed by atoms with van der Waals surface area (Å²) in [6, 6.07) is 0.0950. The molecule has 0 aromatic carbocycles. The first kappa shape index (κ1) is 9.61. The number of ether oxygens (including phenoxy) is 1. The molecule has 1 aliphatic heterocycles.